The largest absolute Gasteiger partial charge is 0.493 e. The maximum Gasteiger partial charge on any atom is 0.303 e. The van der Waals surface area contributed by atoms with Gasteiger partial charge in [0.15, 0.2) is 11.5 Å². The van der Waals surface area contributed by atoms with Gasteiger partial charge in [-0.3, -0.25) is 4.79 Å². The van der Waals surface area contributed by atoms with Gasteiger partial charge < -0.3 is 14.6 Å². The van der Waals surface area contributed by atoms with Crippen LogP contribution in [0.1, 0.15) is 44.1 Å². The molecule has 0 aromatic heterocycles. The number of benzene rings is 1. The van der Waals surface area contributed by atoms with Gasteiger partial charge in [-0.15, -0.1) is 0 Å². The van der Waals surface area contributed by atoms with Crippen LogP contribution < -0.4 is 9.47 Å². The van der Waals surface area contributed by atoms with E-state index in [1.54, 1.807) is 13.2 Å². The normalized spacial score (nSPS) is 15.1. The van der Waals surface area contributed by atoms with E-state index in [4.69, 9.17) is 26.2 Å². The van der Waals surface area contributed by atoms with Crippen molar-refractivity contribution < 1.29 is 19.4 Å². The molecule has 1 saturated carbocycles. The first-order valence-corrected chi connectivity index (χ1v) is 7.73. The third kappa shape index (κ3) is 4.53. The molecule has 1 aliphatic carbocycles. The van der Waals surface area contributed by atoms with E-state index >= 15 is 0 Å². The van der Waals surface area contributed by atoms with Crippen molar-refractivity contribution in [2.45, 2.75) is 51.0 Å². The first kappa shape index (κ1) is 16.0. The van der Waals surface area contributed by atoms with E-state index in [1.807, 2.05) is 6.07 Å². The second-order valence-corrected chi connectivity index (χ2v) is 5.77. The summed E-state index contributed by atoms with van der Waals surface area (Å²) in [5, 5.41) is 9.29. The van der Waals surface area contributed by atoms with Crippen molar-refractivity contribution in [1.29, 1.82) is 0 Å². The van der Waals surface area contributed by atoms with Crippen LogP contribution in [-0.2, 0) is 11.2 Å². The smallest absolute Gasteiger partial charge is 0.303 e. The number of carboxylic acid groups (broad SMARTS) is 1. The number of carboxylic acids is 1. The molecule has 0 heterocycles. The molecule has 1 aromatic carbocycles. The second kappa shape index (κ2) is 7.55. The molecule has 0 aliphatic heterocycles. The fourth-order valence-corrected chi connectivity index (χ4v) is 2.88. The van der Waals surface area contributed by atoms with Crippen LogP contribution in [-0.4, -0.2) is 24.3 Å². The quantitative estimate of drug-likeness (QED) is 0.824. The summed E-state index contributed by atoms with van der Waals surface area (Å²) in [6.07, 6.45) is 6.10. The van der Waals surface area contributed by atoms with E-state index in [2.05, 4.69) is 0 Å². The van der Waals surface area contributed by atoms with Crippen LogP contribution in [0.3, 0.4) is 0 Å². The molecular weight excluding hydrogens is 292 g/mol. The van der Waals surface area contributed by atoms with Gasteiger partial charge in [0.25, 0.3) is 0 Å². The topological polar surface area (TPSA) is 55.8 Å². The van der Waals surface area contributed by atoms with Crippen LogP contribution in [0.4, 0.5) is 0 Å². The van der Waals surface area contributed by atoms with Crippen molar-refractivity contribution in [3.05, 3.63) is 22.7 Å². The van der Waals surface area contributed by atoms with Crippen molar-refractivity contribution in [3.8, 4) is 11.5 Å². The van der Waals surface area contributed by atoms with Crippen LogP contribution >= 0.6 is 11.6 Å². The molecule has 1 N–H and O–H groups in total. The molecule has 5 heteroatoms. The van der Waals surface area contributed by atoms with E-state index in [1.165, 1.54) is 12.8 Å². The molecule has 4 nitrogen and oxygen atoms in total. The number of hydrogen-bond donors (Lipinski definition) is 1. The number of aryl methyl sites for hydroxylation is 1. The second-order valence-electron chi connectivity index (χ2n) is 5.37. The Bertz CT molecular complexity index is 495. The highest BCUT2D eigenvalue weighted by molar-refractivity contribution is 6.31. The zero-order chi connectivity index (χ0) is 15.2. The summed E-state index contributed by atoms with van der Waals surface area (Å²) in [6.45, 7) is 0. The zero-order valence-electron chi connectivity index (χ0n) is 12.2. The van der Waals surface area contributed by atoms with Crippen LogP contribution in [0.2, 0.25) is 5.02 Å². The highest BCUT2D eigenvalue weighted by Crippen LogP contribution is 2.36. The Labute approximate surface area is 130 Å². The summed E-state index contributed by atoms with van der Waals surface area (Å²) in [5.74, 6) is 0.548. The summed E-state index contributed by atoms with van der Waals surface area (Å²) >= 11 is 6.28. The average molecular weight is 313 g/mol. The number of hydrogen-bond acceptors (Lipinski definition) is 3. The molecule has 0 bridgehead atoms. The summed E-state index contributed by atoms with van der Waals surface area (Å²) in [6, 6.07) is 3.64. The molecule has 21 heavy (non-hydrogen) atoms. The van der Waals surface area contributed by atoms with Crippen molar-refractivity contribution >= 4 is 17.6 Å². The Kier molecular flexibility index (Phi) is 5.74. The summed E-state index contributed by atoms with van der Waals surface area (Å²) in [4.78, 5) is 10.6. The van der Waals surface area contributed by atoms with Gasteiger partial charge in [0.2, 0.25) is 0 Å². The van der Waals surface area contributed by atoms with Crippen molar-refractivity contribution in [2.75, 3.05) is 7.11 Å². The highest BCUT2D eigenvalue weighted by atomic mass is 35.5. The maximum absolute atomic E-state index is 10.6. The van der Waals surface area contributed by atoms with E-state index in [9.17, 15) is 4.79 Å². The third-order valence-corrected chi connectivity index (χ3v) is 4.12. The lowest BCUT2D eigenvalue weighted by molar-refractivity contribution is -0.137. The minimum Gasteiger partial charge on any atom is -0.493 e. The standard InChI is InChI=1S/C16H21ClO4/c1-20-14-9-11(5-4-8-16(18)19)13(17)10-15(14)21-12-6-2-3-7-12/h9-10,12H,2-8H2,1H3,(H,18,19). The molecule has 2 rings (SSSR count). The molecule has 0 amide bonds. The molecule has 116 valence electrons. The molecule has 1 aliphatic rings. The van der Waals surface area contributed by atoms with Gasteiger partial charge in [0.1, 0.15) is 0 Å². The van der Waals surface area contributed by atoms with Gasteiger partial charge in [0, 0.05) is 17.5 Å². The molecule has 1 aromatic rings. The van der Waals surface area contributed by atoms with Crippen LogP contribution in [0.5, 0.6) is 11.5 Å². The zero-order valence-corrected chi connectivity index (χ0v) is 13.0. The Balaban J connectivity index is 2.08. The Morgan fingerprint density at radius 3 is 2.67 bits per heavy atom. The van der Waals surface area contributed by atoms with Gasteiger partial charge in [-0.25, -0.2) is 0 Å². The van der Waals surface area contributed by atoms with Crippen molar-refractivity contribution in [1.82, 2.24) is 0 Å². The van der Waals surface area contributed by atoms with E-state index in [-0.39, 0.29) is 12.5 Å². The number of halogens is 1. The lowest BCUT2D eigenvalue weighted by atomic mass is 10.1. The molecular formula is C16H21ClO4. The predicted molar refractivity (Wildman–Crippen MR) is 81.5 cm³/mol. The van der Waals surface area contributed by atoms with Gasteiger partial charge in [-0.05, 0) is 50.2 Å². The minimum atomic E-state index is -0.792. The third-order valence-electron chi connectivity index (χ3n) is 3.77. The van der Waals surface area contributed by atoms with Gasteiger partial charge >= 0.3 is 5.97 Å². The highest BCUT2D eigenvalue weighted by Gasteiger charge is 2.19. The van der Waals surface area contributed by atoms with Crippen LogP contribution in [0.15, 0.2) is 12.1 Å². The lowest BCUT2D eigenvalue weighted by Gasteiger charge is -2.17. The minimum absolute atomic E-state index is 0.138. The van der Waals surface area contributed by atoms with E-state index in [0.29, 0.717) is 29.4 Å². The average Bonchev–Trinajstić information content (AvgIpc) is 2.93. The lowest BCUT2D eigenvalue weighted by Crippen LogP contribution is -2.11. The van der Waals surface area contributed by atoms with Crippen molar-refractivity contribution in [2.24, 2.45) is 0 Å². The Hall–Kier alpha value is -1.42. The van der Waals surface area contributed by atoms with Crippen molar-refractivity contribution in [3.63, 3.8) is 0 Å². The Morgan fingerprint density at radius 2 is 2.05 bits per heavy atom. The number of carbonyl (C=O) groups is 1. The first-order valence-electron chi connectivity index (χ1n) is 7.35. The number of methoxy groups -OCH3 is 1. The molecule has 0 radical (unpaired) electrons. The van der Waals surface area contributed by atoms with E-state index < -0.39 is 5.97 Å². The predicted octanol–water partition coefficient (Wildman–Crippen LogP) is 4.08. The van der Waals surface area contributed by atoms with E-state index in [0.717, 1.165) is 18.4 Å². The Morgan fingerprint density at radius 1 is 1.33 bits per heavy atom. The number of ether oxygens (including phenoxy) is 2. The van der Waals surface area contributed by atoms with Gasteiger partial charge in [0.05, 0.1) is 13.2 Å². The molecule has 0 unspecified atom stereocenters. The first-order chi connectivity index (χ1) is 10.1. The van der Waals surface area contributed by atoms with Gasteiger partial charge in [-0.2, -0.15) is 0 Å². The van der Waals surface area contributed by atoms with Crippen LogP contribution in [0, 0.1) is 0 Å². The fraction of sp³-hybridized carbons (Fsp3) is 0.562. The molecule has 1 fully saturated rings. The number of rotatable bonds is 7. The summed E-state index contributed by atoms with van der Waals surface area (Å²) in [7, 11) is 1.60. The maximum atomic E-state index is 10.6. The monoisotopic (exact) mass is 312 g/mol. The molecule has 0 atom stereocenters. The molecule has 0 spiro atoms. The van der Waals surface area contributed by atoms with Gasteiger partial charge in [-0.1, -0.05) is 11.6 Å². The SMILES string of the molecule is COc1cc(CCCC(=O)O)c(Cl)cc1OC1CCCC1. The molecule has 0 saturated heterocycles. The summed E-state index contributed by atoms with van der Waals surface area (Å²) < 4.78 is 11.4. The summed E-state index contributed by atoms with van der Waals surface area (Å²) in [5.41, 5.74) is 0.897. The van der Waals surface area contributed by atoms with Crippen LogP contribution in [0.25, 0.3) is 0 Å². The fourth-order valence-electron chi connectivity index (χ4n) is 2.64. The number of aliphatic carboxylic acids is 1.